The molecule has 16 heavy (non-hydrogen) atoms. The fraction of sp³-hybridized carbons (Fsp3) is 0.462. The quantitative estimate of drug-likeness (QED) is 0.445. The Kier molecular flexibility index (Phi) is 6.78. The first kappa shape index (κ1) is 13.8. The van der Waals surface area contributed by atoms with E-state index in [0.29, 0.717) is 5.05 Å². The third-order valence-corrected chi connectivity index (χ3v) is 3.63. The summed E-state index contributed by atoms with van der Waals surface area (Å²) >= 11 is 6.89. The highest BCUT2D eigenvalue weighted by Gasteiger charge is 1.93. The van der Waals surface area contributed by atoms with Gasteiger partial charge in [-0.1, -0.05) is 30.2 Å². The molecule has 0 aliphatic heterocycles. The van der Waals surface area contributed by atoms with Gasteiger partial charge >= 0.3 is 0 Å². The van der Waals surface area contributed by atoms with E-state index in [1.54, 1.807) is 6.92 Å². The van der Waals surface area contributed by atoms with Crippen LogP contribution >= 0.6 is 23.0 Å². The van der Waals surface area contributed by atoms with E-state index in [1.165, 1.54) is 24.8 Å². The van der Waals surface area contributed by atoms with Gasteiger partial charge in [-0.15, -0.1) is 0 Å². The summed E-state index contributed by atoms with van der Waals surface area (Å²) in [4.78, 5) is 0. The van der Waals surface area contributed by atoms with Crippen LogP contribution in [-0.2, 0) is 6.42 Å². The molecule has 0 aliphatic rings. The highest BCUT2D eigenvalue weighted by atomic mass is 35.5. The molecule has 0 spiro atoms. The minimum Gasteiger partial charge on any atom is -0.360 e. The summed E-state index contributed by atoms with van der Waals surface area (Å²) in [7, 11) is 0. The maximum atomic E-state index is 9.00. The zero-order chi connectivity index (χ0) is 11.8. The second-order valence-corrected chi connectivity index (χ2v) is 5.71. The Labute approximate surface area is 106 Å². The largest absolute Gasteiger partial charge is 0.360 e. The van der Waals surface area contributed by atoms with Gasteiger partial charge in [0.2, 0.25) is 0 Å². The van der Waals surface area contributed by atoms with Crippen LogP contribution in [0.25, 0.3) is 0 Å². The fourth-order valence-corrected chi connectivity index (χ4v) is 2.34. The first-order chi connectivity index (χ1) is 7.68. The average molecular weight is 259 g/mol. The first-order valence-corrected chi connectivity index (χ1v) is 7.08. The molecule has 0 bridgehead atoms. The molecule has 0 fully saturated rings. The molecule has 0 amide bonds. The minimum atomic E-state index is 0.526. The van der Waals surface area contributed by atoms with Crippen molar-refractivity contribution < 1.29 is 5.11 Å². The van der Waals surface area contributed by atoms with Crippen LogP contribution in [0.15, 0.2) is 24.3 Å². The second kappa shape index (κ2) is 7.88. The van der Waals surface area contributed by atoms with Crippen molar-refractivity contribution in [2.75, 3.05) is 5.75 Å². The van der Waals surface area contributed by atoms with E-state index in [9.17, 15) is 0 Å². The van der Waals surface area contributed by atoms with E-state index in [4.69, 9.17) is 16.7 Å². The SMILES string of the molecule is CC(O)=[SH]CCCCCc1ccc(Cl)cc1. The summed E-state index contributed by atoms with van der Waals surface area (Å²) < 4.78 is 0. The van der Waals surface area contributed by atoms with Crippen LogP contribution in [-0.4, -0.2) is 15.9 Å². The van der Waals surface area contributed by atoms with Crippen molar-refractivity contribution in [1.29, 1.82) is 0 Å². The smallest absolute Gasteiger partial charge is 0.0663 e. The molecule has 3 heteroatoms. The number of thiol groups is 1. The molecule has 1 nitrogen and oxygen atoms in total. The predicted molar refractivity (Wildman–Crippen MR) is 76.2 cm³/mol. The maximum Gasteiger partial charge on any atom is 0.0663 e. The Balaban J connectivity index is 2.12. The van der Waals surface area contributed by atoms with Crippen molar-refractivity contribution >= 4 is 28.0 Å². The fourth-order valence-electron chi connectivity index (χ4n) is 1.51. The van der Waals surface area contributed by atoms with E-state index >= 15 is 0 Å². The van der Waals surface area contributed by atoms with Gasteiger partial charge in [0.1, 0.15) is 0 Å². The molecule has 0 unspecified atom stereocenters. The summed E-state index contributed by atoms with van der Waals surface area (Å²) in [6.07, 6.45) is 4.74. The van der Waals surface area contributed by atoms with E-state index in [2.05, 4.69) is 12.1 Å². The molecule has 0 aliphatic carbocycles. The second-order valence-electron chi connectivity index (χ2n) is 3.87. The Bertz CT molecular complexity index is 328. The third-order valence-electron chi connectivity index (χ3n) is 2.38. The predicted octanol–water partition coefficient (Wildman–Crippen LogP) is 4.23. The van der Waals surface area contributed by atoms with Gasteiger partial charge in [0.05, 0.1) is 5.05 Å². The third kappa shape index (κ3) is 6.31. The average Bonchev–Trinajstić information content (AvgIpc) is 2.25. The summed E-state index contributed by atoms with van der Waals surface area (Å²) in [5, 5.41) is 10.3. The number of benzene rings is 1. The Morgan fingerprint density at radius 2 is 1.88 bits per heavy atom. The summed E-state index contributed by atoms with van der Waals surface area (Å²) in [6, 6.07) is 8.07. The number of rotatable bonds is 6. The lowest BCUT2D eigenvalue weighted by molar-refractivity contribution is 0.564. The summed E-state index contributed by atoms with van der Waals surface area (Å²) in [6.45, 7) is 1.76. The van der Waals surface area contributed by atoms with Gasteiger partial charge in [-0.2, -0.15) is 11.4 Å². The Morgan fingerprint density at radius 3 is 2.50 bits per heavy atom. The number of hydrogen-bond donors (Lipinski definition) is 2. The van der Waals surface area contributed by atoms with Crippen LogP contribution < -0.4 is 0 Å². The maximum absolute atomic E-state index is 9.00. The molecule has 1 N–H and O–H groups in total. The summed E-state index contributed by atoms with van der Waals surface area (Å²) in [5.41, 5.74) is 1.35. The number of halogens is 1. The molecule has 90 valence electrons. The molecular formula is C13H19ClOS. The molecule has 0 atom stereocenters. The zero-order valence-electron chi connectivity index (χ0n) is 9.62. The van der Waals surface area contributed by atoms with Gasteiger partial charge < -0.3 is 5.11 Å². The highest BCUT2D eigenvalue weighted by Crippen LogP contribution is 2.12. The molecule has 1 aromatic rings. The van der Waals surface area contributed by atoms with Crippen molar-refractivity contribution in [3.05, 3.63) is 34.9 Å². The number of hydrogen-bond acceptors (Lipinski definition) is 0. The lowest BCUT2D eigenvalue weighted by Gasteiger charge is -2.01. The molecule has 1 rings (SSSR count). The number of unbranched alkanes of at least 4 members (excludes halogenated alkanes) is 2. The van der Waals surface area contributed by atoms with Crippen molar-refractivity contribution in [3.8, 4) is 0 Å². The Morgan fingerprint density at radius 1 is 1.19 bits per heavy atom. The van der Waals surface area contributed by atoms with Crippen LogP contribution in [0.2, 0.25) is 5.02 Å². The molecule has 0 saturated carbocycles. The van der Waals surface area contributed by atoms with Gasteiger partial charge in [0, 0.05) is 5.02 Å². The monoisotopic (exact) mass is 258 g/mol. The zero-order valence-corrected chi connectivity index (χ0v) is 11.3. The molecule has 0 saturated heterocycles. The normalized spacial score (nSPS) is 12.3. The van der Waals surface area contributed by atoms with Crippen LogP contribution in [0.3, 0.4) is 0 Å². The van der Waals surface area contributed by atoms with Gasteiger partial charge in [-0.05, 0) is 49.6 Å². The number of aryl methyl sites for hydroxylation is 1. The van der Waals surface area contributed by atoms with Gasteiger partial charge in [0.15, 0.2) is 0 Å². The molecule has 0 radical (unpaired) electrons. The lowest BCUT2D eigenvalue weighted by Crippen LogP contribution is -1.88. The first-order valence-electron chi connectivity index (χ1n) is 5.63. The molecule has 0 heterocycles. The van der Waals surface area contributed by atoms with Crippen molar-refractivity contribution in [3.63, 3.8) is 0 Å². The standard InChI is InChI=1S/C13H19ClOS/c1-11(15)16-10-4-2-3-5-12-6-8-13(14)9-7-12/h6-9,15-16H,2-5,10H2,1H3. The van der Waals surface area contributed by atoms with Gasteiger partial charge in [0.25, 0.3) is 0 Å². The topological polar surface area (TPSA) is 20.2 Å². The van der Waals surface area contributed by atoms with Crippen LogP contribution in [0.5, 0.6) is 0 Å². The van der Waals surface area contributed by atoms with E-state index in [1.807, 2.05) is 12.1 Å². The van der Waals surface area contributed by atoms with Crippen molar-refractivity contribution in [2.45, 2.75) is 32.6 Å². The van der Waals surface area contributed by atoms with Gasteiger partial charge in [-0.3, -0.25) is 0 Å². The molecule has 1 aromatic carbocycles. The van der Waals surface area contributed by atoms with E-state index < -0.39 is 0 Å². The molecule has 0 aromatic heterocycles. The van der Waals surface area contributed by atoms with Crippen LogP contribution in [0, 0.1) is 0 Å². The Hall–Kier alpha value is -0.310. The van der Waals surface area contributed by atoms with E-state index in [0.717, 1.165) is 28.5 Å². The number of aliphatic hydroxyl groups excluding tert-OH is 1. The van der Waals surface area contributed by atoms with E-state index in [-0.39, 0.29) is 0 Å². The molecular weight excluding hydrogens is 240 g/mol. The van der Waals surface area contributed by atoms with Crippen molar-refractivity contribution in [2.24, 2.45) is 0 Å². The highest BCUT2D eigenvalue weighted by molar-refractivity contribution is 7.98. The number of aliphatic hydroxyl groups is 1. The summed E-state index contributed by atoms with van der Waals surface area (Å²) in [5.74, 6) is 1.07. The minimum absolute atomic E-state index is 0.526. The lowest BCUT2D eigenvalue weighted by atomic mass is 10.1. The van der Waals surface area contributed by atoms with Crippen LogP contribution in [0.4, 0.5) is 0 Å². The van der Waals surface area contributed by atoms with Crippen molar-refractivity contribution in [1.82, 2.24) is 0 Å². The van der Waals surface area contributed by atoms with Crippen LogP contribution in [0.1, 0.15) is 31.7 Å². The van der Waals surface area contributed by atoms with Gasteiger partial charge in [-0.25, -0.2) is 0 Å².